The smallest absolute Gasteiger partial charge is 0.346 e. The van der Waals surface area contributed by atoms with Crippen molar-refractivity contribution in [2.45, 2.75) is 12.2 Å². The third kappa shape index (κ3) is 6.45. The topological polar surface area (TPSA) is 61.4 Å². The molecule has 1 aromatic rings. The minimum atomic E-state index is -4.57. The molecule has 0 aliphatic carbocycles. The fourth-order valence-electron chi connectivity index (χ4n) is 1.85. The second-order valence-electron chi connectivity index (χ2n) is 5.01. The van der Waals surface area contributed by atoms with Crippen LogP contribution in [0.25, 0.3) is 0 Å². The molecule has 5 nitrogen and oxygen atoms in total. The van der Waals surface area contributed by atoms with E-state index in [0.717, 1.165) is 5.56 Å². The molecule has 0 fully saturated rings. The van der Waals surface area contributed by atoms with Crippen LogP contribution in [0.2, 0.25) is 5.02 Å². The summed E-state index contributed by atoms with van der Waals surface area (Å²) >= 11 is 6.10. The average Bonchev–Trinajstić information content (AvgIpc) is 2.45. The van der Waals surface area contributed by atoms with Crippen LogP contribution < -0.4 is 10.6 Å². The molecule has 1 rings (SSSR count). The lowest BCUT2D eigenvalue weighted by Crippen LogP contribution is -2.45. The molecule has 0 bridgehead atoms. The Labute approximate surface area is 136 Å². The number of likely N-dealkylation sites (N-methyl/N-ethyl adjacent to an activating group) is 1. The van der Waals surface area contributed by atoms with Crippen LogP contribution in [0.15, 0.2) is 24.3 Å². The molecule has 0 saturated carbocycles. The molecule has 2 amide bonds. The van der Waals surface area contributed by atoms with Gasteiger partial charge in [0.25, 0.3) is 0 Å². The molecule has 0 spiro atoms. The molecule has 2 N–H and O–H groups in total. The van der Waals surface area contributed by atoms with Crippen molar-refractivity contribution in [1.82, 2.24) is 15.5 Å². The van der Waals surface area contributed by atoms with E-state index in [1.165, 1.54) is 5.32 Å². The van der Waals surface area contributed by atoms with Crippen LogP contribution in [0.4, 0.5) is 13.2 Å². The summed E-state index contributed by atoms with van der Waals surface area (Å²) < 4.78 is 36.0. The Bertz CT molecular complexity index is 564. The summed E-state index contributed by atoms with van der Waals surface area (Å²) in [5.74, 6) is -2.47. The second kappa shape index (κ2) is 8.16. The van der Waals surface area contributed by atoms with Gasteiger partial charge in [-0.1, -0.05) is 29.8 Å². The summed E-state index contributed by atoms with van der Waals surface area (Å²) in [7, 11) is 3.51. The maximum atomic E-state index is 12.0. The van der Waals surface area contributed by atoms with Crippen molar-refractivity contribution >= 4 is 23.4 Å². The molecule has 0 radical (unpaired) electrons. The molecule has 1 aromatic carbocycles. The van der Waals surface area contributed by atoms with Gasteiger partial charge in [-0.15, -0.1) is 0 Å². The predicted molar refractivity (Wildman–Crippen MR) is 80.0 cm³/mol. The summed E-state index contributed by atoms with van der Waals surface area (Å²) in [6.07, 6.45) is -4.57. The van der Waals surface area contributed by atoms with Gasteiger partial charge >= 0.3 is 18.0 Å². The van der Waals surface area contributed by atoms with Crippen LogP contribution in [-0.2, 0) is 9.59 Å². The third-order valence-electron chi connectivity index (χ3n) is 3.00. The number of amides is 2. The highest BCUT2D eigenvalue weighted by molar-refractivity contribution is 6.35. The Balaban J connectivity index is 2.64. The van der Waals surface area contributed by atoms with Gasteiger partial charge in [-0.05, 0) is 25.7 Å². The number of hydrogen-bond acceptors (Lipinski definition) is 3. The normalized spacial score (nSPS) is 12.8. The quantitative estimate of drug-likeness (QED) is 0.794. The lowest BCUT2D eigenvalue weighted by atomic mass is 10.1. The van der Waals surface area contributed by atoms with Crippen LogP contribution >= 0.6 is 11.6 Å². The molecule has 1 unspecified atom stereocenters. The first-order valence-corrected chi connectivity index (χ1v) is 7.03. The molecule has 0 saturated heterocycles. The molecule has 128 valence electrons. The summed E-state index contributed by atoms with van der Waals surface area (Å²) in [6.45, 7) is -1.53. The van der Waals surface area contributed by atoms with E-state index in [0.29, 0.717) is 5.02 Å². The van der Waals surface area contributed by atoms with Crippen LogP contribution in [0.1, 0.15) is 11.6 Å². The molecule has 23 heavy (non-hydrogen) atoms. The van der Waals surface area contributed by atoms with E-state index in [9.17, 15) is 22.8 Å². The first-order valence-electron chi connectivity index (χ1n) is 6.65. The molecule has 0 heterocycles. The van der Waals surface area contributed by atoms with Gasteiger partial charge < -0.3 is 15.5 Å². The Morgan fingerprint density at radius 2 is 1.74 bits per heavy atom. The van der Waals surface area contributed by atoms with Crippen molar-refractivity contribution < 1.29 is 22.8 Å². The zero-order valence-electron chi connectivity index (χ0n) is 12.6. The Hall–Kier alpha value is -1.80. The Morgan fingerprint density at radius 1 is 1.17 bits per heavy atom. The van der Waals surface area contributed by atoms with E-state index in [4.69, 9.17) is 11.6 Å². The van der Waals surface area contributed by atoms with Gasteiger partial charge in [-0.25, -0.2) is 0 Å². The van der Waals surface area contributed by atoms with Crippen LogP contribution in [0.3, 0.4) is 0 Å². The highest BCUT2D eigenvalue weighted by atomic mass is 35.5. The summed E-state index contributed by atoms with van der Waals surface area (Å²) in [4.78, 5) is 24.6. The maximum absolute atomic E-state index is 12.0. The monoisotopic (exact) mass is 351 g/mol. The number of benzene rings is 1. The Kier molecular flexibility index (Phi) is 6.83. The fourth-order valence-corrected chi connectivity index (χ4v) is 2.11. The zero-order chi connectivity index (χ0) is 17.6. The van der Waals surface area contributed by atoms with Gasteiger partial charge in [-0.3, -0.25) is 9.59 Å². The van der Waals surface area contributed by atoms with E-state index in [2.05, 4.69) is 5.32 Å². The molecule has 9 heteroatoms. The van der Waals surface area contributed by atoms with E-state index in [1.807, 2.05) is 0 Å². The largest absolute Gasteiger partial charge is 0.405 e. The molecule has 0 aliphatic rings. The van der Waals surface area contributed by atoms with E-state index >= 15 is 0 Å². The number of nitrogens with one attached hydrogen (secondary N) is 2. The lowest BCUT2D eigenvalue weighted by molar-refractivity contribution is -0.146. The molecule has 1 atom stereocenters. The molecular formula is C14H17ClF3N3O2. The molecular weight excluding hydrogens is 335 g/mol. The number of alkyl halides is 3. The van der Waals surface area contributed by atoms with Crippen molar-refractivity contribution in [1.29, 1.82) is 0 Å². The van der Waals surface area contributed by atoms with Crippen molar-refractivity contribution in [2.24, 2.45) is 0 Å². The van der Waals surface area contributed by atoms with Crippen molar-refractivity contribution in [3.8, 4) is 0 Å². The summed E-state index contributed by atoms with van der Waals surface area (Å²) in [5, 5.41) is 4.31. The first-order chi connectivity index (χ1) is 10.6. The van der Waals surface area contributed by atoms with Crippen LogP contribution in [0.5, 0.6) is 0 Å². The van der Waals surface area contributed by atoms with Gasteiger partial charge in [0.2, 0.25) is 0 Å². The third-order valence-corrected chi connectivity index (χ3v) is 3.34. The fraction of sp³-hybridized carbons (Fsp3) is 0.429. The van der Waals surface area contributed by atoms with Gasteiger partial charge in [0.1, 0.15) is 6.54 Å². The number of carbonyl (C=O) groups excluding carboxylic acids is 2. The first kappa shape index (κ1) is 19.2. The number of carbonyl (C=O) groups is 2. The van der Waals surface area contributed by atoms with Gasteiger partial charge in [-0.2, -0.15) is 13.2 Å². The second-order valence-corrected chi connectivity index (χ2v) is 5.42. The predicted octanol–water partition coefficient (Wildman–Crippen LogP) is 1.74. The van der Waals surface area contributed by atoms with Crippen molar-refractivity contribution in [3.05, 3.63) is 34.9 Å². The summed E-state index contributed by atoms with van der Waals surface area (Å²) in [6, 6.07) is 6.65. The minimum absolute atomic E-state index is 0.0228. The maximum Gasteiger partial charge on any atom is 0.405 e. The standard InChI is InChI=1S/C14H17ClF3N3O2/c1-21(2)11(9-5-3-4-6-10(9)15)7-19-12(22)13(23)20-8-14(16,17)18/h3-6,11H,7-8H2,1-2H3,(H,19,22)(H,20,23). The van der Waals surface area contributed by atoms with E-state index < -0.39 is 24.5 Å². The average molecular weight is 352 g/mol. The number of nitrogens with zero attached hydrogens (tertiary/aromatic N) is 1. The van der Waals surface area contributed by atoms with Crippen LogP contribution in [0, 0.1) is 0 Å². The highest BCUT2D eigenvalue weighted by Crippen LogP contribution is 2.25. The number of halogens is 4. The zero-order valence-corrected chi connectivity index (χ0v) is 13.3. The Morgan fingerprint density at radius 3 is 2.26 bits per heavy atom. The lowest BCUT2D eigenvalue weighted by Gasteiger charge is -2.25. The van der Waals surface area contributed by atoms with Gasteiger partial charge in [0.05, 0.1) is 6.04 Å². The summed E-state index contributed by atoms with van der Waals surface area (Å²) in [5.41, 5.74) is 0.732. The van der Waals surface area contributed by atoms with Gasteiger partial charge in [0.15, 0.2) is 0 Å². The van der Waals surface area contributed by atoms with E-state index in [-0.39, 0.29) is 12.6 Å². The molecule has 0 aromatic heterocycles. The highest BCUT2D eigenvalue weighted by Gasteiger charge is 2.29. The number of rotatable bonds is 5. The van der Waals surface area contributed by atoms with Gasteiger partial charge in [0, 0.05) is 11.6 Å². The van der Waals surface area contributed by atoms with Crippen LogP contribution in [-0.4, -0.2) is 50.1 Å². The number of hydrogen-bond donors (Lipinski definition) is 2. The van der Waals surface area contributed by atoms with Crippen molar-refractivity contribution in [2.75, 3.05) is 27.2 Å². The van der Waals surface area contributed by atoms with E-state index in [1.54, 1.807) is 43.3 Å². The minimum Gasteiger partial charge on any atom is -0.346 e. The molecule has 0 aliphatic heterocycles. The van der Waals surface area contributed by atoms with Crippen molar-refractivity contribution in [3.63, 3.8) is 0 Å². The SMILES string of the molecule is CN(C)C(CNC(=O)C(=O)NCC(F)(F)F)c1ccccc1Cl.